The SMILES string of the molecule is C#CCNS(=O)(=O)c1cc(Br)ccc1[N+](=O)[O-]. The highest BCUT2D eigenvalue weighted by Gasteiger charge is 2.25. The zero-order valence-corrected chi connectivity index (χ0v) is 10.8. The summed E-state index contributed by atoms with van der Waals surface area (Å²) in [5.41, 5.74) is -0.502. The van der Waals surface area contributed by atoms with Crippen molar-refractivity contribution >= 4 is 31.6 Å². The number of terminal acetylenes is 1. The molecule has 17 heavy (non-hydrogen) atoms. The number of sulfonamides is 1. The van der Waals surface area contributed by atoms with Crippen LogP contribution in [0.5, 0.6) is 0 Å². The van der Waals surface area contributed by atoms with Crippen LogP contribution in [-0.4, -0.2) is 19.9 Å². The minimum absolute atomic E-state index is 0.230. The maximum Gasteiger partial charge on any atom is 0.289 e. The van der Waals surface area contributed by atoms with Crippen molar-refractivity contribution in [2.45, 2.75) is 4.90 Å². The van der Waals surface area contributed by atoms with Crippen LogP contribution in [0.2, 0.25) is 0 Å². The van der Waals surface area contributed by atoms with E-state index in [2.05, 4.69) is 26.6 Å². The highest BCUT2D eigenvalue weighted by molar-refractivity contribution is 9.10. The van der Waals surface area contributed by atoms with Crippen LogP contribution >= 0.6 is 15.9 Å². The van der Waals surface area contributed by atoms with Gasteiger partial charge in [0.25, 0.3) is 5.69 Å². The predicted molar refractivity (Wildman–Crippen MR) is 64.8 cm³/mol. The largest absolute Gasteiger partial charge is 0.289 e. The smallest absolute Gasteiger partial charge is 0.258 e. The lowest BCUT2D eigenvalue weighted by Gasteiger charge is -2.05. The summed E-state index contributed by atoms with van der Waals surface area (Å²) in [7, 11) is -3.98. The molecule has 0 spiro atoms. The summed E-state index contributed by atoms with van der Waals surface area (Å²) >= 11 is 3.05. The van der Waals surface area contributed by atoms with Crippen LogP contribution in [-0.2, 0) is 10.0 Å². The molecule has 0 saturated carbocycles. The Morgan fingerprint density at radius 3 is 2.71 bits per heavy atom. The molecule has 0 aliphatic heterocycles. The molecule has 90 valence electrons. The van der Waals surface area contributed by atoms with Crippen molar-refractivity contribution in [3.63, 3.8) is 0 Å². The first kappa shape index (κ1) is 13.6. The van der Waals surface area contributed by atoms with E-state index in [-0.39, 0.29) is 6.54 Å². The van der Waals surface area contributed by atoms with E-state index in [4.69, 9.17) is 6.42 Å². The van der Waals surface area contributed by atoms with Crippen molar-refractivity contribution in [2.24, 2.45) is 0 Å². The van der Waals surface area contributed by atoms with Gasteiger partial charge in [0.05, 0.1) is 11.5 Å². The van der Waals surface area contributed by atoms with Gasteiger partial charge in [0.2, 0.25) is 10.0 Å². The van der Waals surface area contributed by atoms with E-state index in [0.29, 0.717) is 4.47 Å². The van der Waals surface area contributed by atoms with Gasteiger partial charge in [0.15, 0.2) is 4.90 Å². The van der Waals surface area contributed by atoms with Crippen molar-refractivity contribution in [2.75, 3.05) is 6.54 Å². The summed E-state index contributed by atoms with van der Waals surface area (Å²) in [5.74, 6) is 2.09. The number of rotatable bonds is 4. The number of nitro groups is 1. The molecule has 0 saturated heterocycles. The molecule has 1 rings (SSSR count). The molecule has 0 atom stereocenters. The van der Waals surface area contributed by atoms with Gasteiger partial charge in [0.1, 0.15) is 0 Å². The van der Waals surface area contributed by atoms with E-state index >= 15 is 0 Å². The standard InChI is InChI=1S/C9H7BrN2O4S/c1-2-5-11-17(15,16)9-6-7(10)3-4-8(9)12(13)14/h1,3-4,6,11H,5H2. The second-order valence-corrected chi connectivity index (χ2v) is 5.55. The van der Waals surface area contributed by atoms with E-state index < -0.39 is 25.5 Å². The third kappa shape index (κ3) is 3.26. The van der Waals surface area contributed by atoms with Gasteiger partial charge in [-0.3, -0.25) is 10.1 Å². The van der Waals surface area contributed by atoms with Gasteiger partial charge in [-0.1, -0.05) is 21.9 Å². The first-order valence-corrected chi connectivity index (χ1v) is 6.53. The average molecular weight is 319 g/mol. The van der Waals surface area contributed by atoms with E-state index in [9.17, 15) is 18.5 Å². The monoisotopic (exact) mass is 318 g/mol. The minimum atomic E-state index is -3.98. The molecule has 0 amide bonds. The van der Waals surface area contributed by atoms with E-state index in [0.717, 1.165) is 12.1 Å². The summed E-state index contributed by atoms with van der Waals surface area (Å²) < 4.78 is 26.0. The Morgan fingerprint density at radius 2 is 2.18 bits per heavy atom. The molecule has 0 unspecified atom stereocenters. The summed E-state index contributed by atoms with van der Waals surface area (Å²) in [4.78, 5) is 9.52. The fourth-order valence-corrected chi connectivity index (χ4v) is 2.71. The number of hydrogen-bond donors (Lipinski definition) is 1. The normalized spacial score (nSPS) is 10.8. The lowest BCUT2D eigenvalue weighted by atomic mass is 10.3. The number of nitrogens with zero attached hydrogens (tertiary/aromatic N) is 1. The maximum absolute atomic E-state index is 11.7. The molecule has 0 aliphatic rings. The molecule has 0 heterocycles. The van der Waals surface area contributed by atoms with Gasteiger partial charge < -0.3 is 0 Å². The molecule has 0 radical (unpaired) electrons. The van der Waals surface area contributed by atoms with Crippen LogP contribution in [0.4, 0.5) is 5.69 Å². The second kappa shape index (κ2) is 5.27. The Balaban J connectivity index is 3.34. The molecule has 0 aromatic heterocycles. The Kier molecular flexibility index (Phi) is 4.22. The van der Waals surface area contributed by atoms with Gasteiger partial charge in [-0.05, 0) is 12.1 Å². The molecule has 1 aromatic carbocycles. The summed E-state index contributed by atoms with van der Waals surface area (Å²) in [6.07, 6.45) is 4.92. The predicted octanol–water partition coefficient (Wildman–Crippen LogP) is 1.27. The van der Waals surface area contributed by atoms with Crippen molar-refractivity contribution < 1.29 is 13.3 Å². The number of nitrogens with one attached hydrogen (secondary N) is 1. The Morgan fingerprint density at radius 1 is 1.53 bits per heavy atom. The zero-order valence-electron chi connectivity index (χ0n) is 8.38. The molecule has 1 N–H and O–H groups in total. The van der Waals surface area contributed by atoms with Crippen molar-refractivity contribution in [1.29, 1.82) is 0 Å². The van der Waals surface area contributed by atoms with Crippen molar-refractivity contribution in [3.05, 3.63) is 32.8 Å². The molecule has 8 heteroatoms. The van der Waals surface area contributed by atoms with E-state index in [1.165, 1.54) is 6.07 Å². The zero-order chi connectivity index (χ0) is 13.1. The van der Waals surface area contributed by atoms with Gasteiger partial charge >= 0.3 is 0 Å². The third-order valence-corrected chi connectivity index (χ3v) is 3.70. The lowest BCUT2D eigenvalue weighted by molar-refractivity contribution is -0.387. The number of benzene rings is 1. The summed E-state index contributed by atoms with van der Waals surface area (Å²) in [6, 6.07) is 3.64. The maximum atomic E-state index is 11.7. The fraction of sp³-hybridized carbons (Fsp3) is 0.111. The topological polar surface area (TPSA) is 89.3 Å². The molecule has 0 aliphatic carbocycles. The van der Waals surface area contributed by atoms with E-state index in [1.54, 1.807) is 0 Å². The molecule has 6 nitrogen and oxygen atoms in total. The first-order valence-electron chi connectivity index (χ1n) is 4.25. The molecular weight excluding hydrogens is 312 g/mol. The van der Waals surface area contributed by atoms with Crippen LogP contribution in [0.15, 0.2) is 27.6 Å². The molecular formula is C9H7BrN2O4S. The molecule has 1 aromatic rings. The third-order valence-electron chi connectivity index (χ3n) is 1.77. The first-order chi connectivity index (χ1) is 7.88. The minimum Gasteiger partial charge on any atom is -0.258 e. The molecule has 0 fully saturated rings. The van der Waals surface area contributed by atoms with Crippen molar-refractivity contribution in [3.8, 4) is 12.3 Å². The highest BCUT2D eigenvalue weighted by Crippen LogP contribution is 2.26. The summed E-state index contributed by atoms with van der Waals surface area (Å²) in [5, 5.41) is 10.7. The van der Waals surface area contributed by atoms with Gasteiger partial charge in [-0.2, -0.15) is 4.72 Å². The fourth-order valence-electron chi connectivity index (χ4n) is 1.07. The van der Waals surface area contributed by atoms with Crippen LogP contribution in [0.3, 0.4) is 0 Å². The Hall–Kier alpha value is -1.43. The van der Waals surface area contributed by atoms with Gasteiger partial charge in [-0.25, -0.2) is 8.42 Å². The van der Waals surface area contributed by atoms with Crippen molar-refractivity contribution in [1.82, 2.24) is 4.72 Å². The Bertz CT molecular complexity index is 592. The molecule has 0 bridgehead atoms. The summed E-state index contributed by atoms with van der Waals surface area (Å²) in [6.45, 7) is -0.230. The van der Waals surface area contributed by atoms with Crippen LogP contribution < -0.4 is 4.72 Å². The van der Waals surface area contributed by atoms with Crippen LogP contribution in [0.25, 0.3) is 0 Å². The van der Waals surface area contributed by atoms with Gasteiger partial charge in [-0.15, -0.1) is 6.42 Å². The average Bonchev–Trinajstić information content (AvgIpc) is 2.26. The van der Waals surface area contributed by atoms with Crippen LogP contribution in [0.1, 0.15) is 0 Å². The van der Waals surface area contributed by atoms with Gasteiger partial charge in [0, 0.05) is 10.5 Å². The number of halogens is 1. The number of nitro benzene ring substituents is 1. The highest BCUT2D eigenvalue weighted by atomic mass is 79.9. The lowest BCUT2D eigenvalue weighted by Crippen LogP contribution is -2.24. The quantitative estimate of drug-likeness (QED) is 0.514. The second-order valence-electron chi connectivity index (χ2n) is 2.90. The van der Waals surface area contributed by atoms with Crippen LogP contribution in [0, 0.1) is 22.5 Å². The Labute approximate surface area is 106 Å². The van der Waals surface area contributed by atoms with E-state index in [1.807, 2.05) is 0 Å². The number of hydrogen-bond acceptors (Lipinski definition) is 4.